The van der Waals surface area contributed by atoms with E-state index in [9.17, 15) is 14.3 Å². The number of nitrogens with one attached hydrogen (secondary N) is 1. The van der Waals surface area contributed by atoms with E-state index >= 15 is 0 Å². The first-order valence-electron chi connectivity index (χ1n) is 6.73. The smallest absolute Gasteiger partial charge is 0.305 e. The molecule has 0 heterocycles. The Bertz CT molecular complexity index is 451. The van der Waals surface area contributed by atoms with Gasteiger partial charge in [0.05, 0.1) is 13.2 Å². The number of carbonyl (C=O) groups is 1. The van der Waals surface area contributed by atoms with E-state index in [1.165, 1.54) is 13.2 Å². The number of hydrogen-bond acceptors (Lipinski definition) is 4. The normalized spacial score (nSPS) is 13.8. The van der Waals surface area contributed by atoms with Crippen LogP contribution in [-0.4, -0.2) is 30.8 Å². The molecule has 0 radical (unpaired) electrons. The maximum Gasteiger partial charge on any atom is 0.305 e. The van der Waals surface area contributed by atoms with Gasteiger partial charge in [-0.25, -0.2) is 4.39 Å². The third-order valence-electron chi connectivity index (χ3n) is 3.26. The Labute approximate surface area is 119 Å². The van der Waals surface area contributed by atoms with Gasteiger partial charge in [-0.1, -0.05) is 19.1 Å². The summed E-state index contributed by atoms with van der Waals surface area (Å²) < 4.78 is 17.9. The second-order valence-electron chi connectivity index (χ2n) is 4.73. The summed E-state index contributed by atoms with van der Waals surface area (Å²) in [6.07, 6.45) is -0.109. The number of aliphatic hydroxyl groups excluding tert-OH is 1. The highest BCUT2D eigenvalue weighted by Crippen LogP contribution is 2.22. The summed E-state index contributed by atoms with van der Waals surface area (Å²) in [6, 6.07) is 4.26. The molecule has 0 aromatic heterocycles. The summed E-state index contributed by atoms with van der Waals surface area (Å²) in [6.45, 7) is 4.25. The first-order chi connectivity index (χ1) is 9.49. The third kappa shape index (κ3) is 4.58. The minimum absolute atomic E-state index is 0.228. The van der Waals surface area contributed by atoms with Crippen LogP contribution < -0.4 is 5.32 Å². The Balaban J connectivity index is 2.78. The van der Waals surface area contributed by atoms with E-state index in [1.54, 1.807) is 19.1 Å². The molecule has 5 heteroatoms. The third-order valence-corrected chi connectivity index (χ3v) is 3.26. The summed E-state index contributed by atoms with van der Waals surface area (Å²) in [5, 5.41) is 13.5. The number of rotatable bonds is 7. The minimum Gasteiger partial charge on any atom is -0.469 e. The second kappa shape index (κ2) is 7.97. The molecule has 1 aromatic carbocycles. The van der Waals surface area contributed by atoms with Crippen molar-refractivity contribution in [2.45, 2.75) is 38.8 Å². The highest BCUT2D eigenvalue weighted by molar-refractivity contribution is 5.69. The van der Waals surface area contributed by atoms with Crippen molar-refractivity contribution in [2.24, 2.45) is 0 Å². The zero-order valence-corrected chi connectivity index (χ0v) is 12.1. The lowest BCUT2D eigenvalue weighted by molar-refractivity contribution is -0.141. The quantitative estimate of drug-likeness (QED) is 0.752. The summed E-state index contributed by atoms with van der Waals surface area (Å²) in [5.74, 6) is -0.606. The number of carbonyl (C=O) groups excluding carboxylic acids is 1. The Morgan fingerprint density at radius 3 is 2.75 bits per heavy atom. The maximum absolute atomic E-state index is 13.3. The van der Waals surface area contributed by atoms with E-state index in [0.29, 0.717) is 24.1 Å². The van der Waals surface area contributed by atoms with Crippen LogP contribution in [0.1, 0.15) is 37.0 Å². The number of hydrogen-bond donors (Lipinski definition) is 2. The number of aryl methyl sites for hydroxylation is 1. The maximum atomic E-state index is 13.3. The number of methoxy groups -OCH3 is 1. The van der Waals surface area contributed by atoms with Gasteiger partial charge in [-0.3, -0.25) is 4.79 Å². The molecule has 2 unspecified atom stereocenters. The Kier molecular flexibility index (Phi) is 6.61. The van der Waals surface area contributed by atoms with Gasteiger partial charge in [0.25, 0.3) is 0 Å². The Morgan fingerprint density at radius 2 is 2.20 bits per heavy atom. The van der Waals surface area contributed by atoms with Crippen LogP contribution in [0.4, 0.5) is 4.39 Å². The van der Waals surface area contributed by atoms with Crippen molar-refractivity contribution in [1.82, 2.24) is 5.32 Å². The van der Waals surface area contributed by atoms with E-state index in [-0.39, 0.29) is 24.2 Å². The van der Waals surface area contributed by atoms with Crippen LogP contribution in [-0.2, 0) is 9.53 Å². The van der Waals surface area contributed by atoms with Gasteiger partial charge in [-0.15, -0.1) is 0 Å². The molecule has 0 saturated carbocycles. The van der Waals surface area contributed by atoms with E-state index in [0.717, 1.165) is 0 Å². The van der Waals surface area contributed by atoms with Crippen molar-refractivity contribution >= 4 is 5.97 Å². The van der Waals surface area contributed by atoms with Crippen molar-refractivity contribution < 1.29 is 19.0 Å². The predicted octanol–water partition coefficient (Wildman–Crippen LogP) is 2.10. The second-order valence-corrected chi connectivity index (χ2v) is 4.73. The van der Waals surface area contributed by atoms with Crippen LogP contribution >= 0.6 is 0 Å². The fourth-order valence-corrected chi connectivity index (χ4v) is 2.09. The van der Waals surface area contributed by atoms with Crippen LogP contribution in [0, 0.1) is 12.7 Å². The monoisotopic (exact) mass is 283 g/mol. The van der Waals surface area contributed by atoms with Gasteiger partial charge in [-0.05, 0) is 37.1 Å². The van der Waals surface area contributed by atoms with Gasteiger partial charge >= 0.3 is 5.97 Å². The summed E-state index contributed by atoms with van der Waals surface area (Å²) >= 11 is 0. The van der Waals surface area contributed by atoms with Crippen molar-refractivity contribution in [1.29, 1.82) is 0 Å². The fourth-order valence-electron chi connectivity index (χ4n) is 2.09. The summed E-state index contributed by atoms with van der Waals surface area (Å²) in [7, 11) is 1.34. The molecule has 1 aromatic rings. The summed E-state index contributed by atoms with van der Waals surface area (Å²) in [5.41, 5.74) is 1.13. The van der Waals surface area contributed by atoms with Crippen LogP contribution in [0.25, 0.3) is 0 Å². The lowest BCUT2D eigenvalue weighted by atomic mass is 9.97. The lowest BCUT2D eigenvalue weighted by Crippen LogP contribution is -2.35. The zero-order chi connectivity index (χ0) is 15.1. The van der Waals surface area contributed by atoms with Crippen molar-refractivity contribution in [2.75, 3.05) is 13.7 Å². The lowest BCUT2D eigenvalue weighted by Gasteiger charge is -2.24. The molecule has 0 bridgehead atoms. The van der Waals surface area contributed by atoms with Crippen molar-refractivity contribution in [3.8, 4) is 0 Å². The number of aliphatic hydroxyl groups is 1. The topological polar surface area (TPSA) is 58.6 Å². The van der Waals surface area contributed by atoms with Gasteiger partial charge in [0.15, 0.2) is 0 Å². The molecule has 0 aliphatic rings. The number of likely N-dealkylation sites (N-methyl/N-ethyl adjacent to an activating group) is 1. The van der Waals surface area contributed by atoms with Gasteiger partial charge in [0.2, 0.25) is 0 Å². The van der Waals surface area contributed by atoms with Crippen LogP contribution in [0.2, 0.25) is 0 Å². The van der Waals surface area contributed by atoms with Crippen LogP contribution in [0.5, 0.6) is 0 Å². The van der Waals surface area contributed by atoms with Gasteiger partial charge in [-0.2, -0.15) is 0 Å². The Hall–Kier alpha value is -1.46. The van der Waals surface area contributed by atoms with E-state index in [2.05, 4.69) is 10.1 Å². The summed E-state index contributed by atoms with van der Waals surface area (Å²) in [4.78, 5) is 11.2. The molecule has 20 heavy (non-hydrogen) atoms. The highest BCUT2D eigenvalue weighted by Gasteiger charge is 2.21. The predicted molar refractivity (Wildman–Crippen MR) is 74.8 cm³/mol. The van der Waals surface area contributed by atoms with E-state index in [4.69, 9.17) is 0 Å². The first-order valence-corrected chi connectivity index (χ1v) is 6.73. The molecule has 0 fully saturated rings. The molecule has 2 N–H and O–H groups in total. The average molecular weight is 283 g/mol. The van der Waals surface area contributed by atoms with Crippen LogP contribution in [0.3, 0.4) is 0 Å². The van der Waals surface area contributed by atoms with Crippen LogP contribution in [0.15, 0.2) is 18.2 Å². The molecule has 0 aliphatic heterocycles. The van der Waals surface area contributed by atoms with Gasteiger partial charge in [0, 0.05) is 12.5 Å². The minimum atomic E-state index is -0.793. The molecule has 112 valence electrons. The van der Waals surface area contributed by atoms with Gasteiger partial charge < -0.3 is 15.2 Å². The molecule has 2 atom stereocenters. The highest BCUT2D eigenvalue weighted by atomic mass is 19.1. The molecule has 0 saturated heterocycles. The van der Waals surface area contributed by atoms with E-state index in [1.807, 2.05) is 6.92 Å². The number of ether oxygens (including phenoxy) is 1. The molecular formula is C15H22FNO3. The van der Waals surface area contributed by atoms with E-state index < -0.39 is 6.10 Å². The standard InChI is InChI=1S/C15H22FNO3/c1-4-17-13(7-8-14(18)20-3)15(19)11-5-6-12(16)10(2)9-11/h5-6,9,13,15,17,19H,4,7-8H2,1-3H3. The number of halogens is 1. The average Bonchev–Trinajstić information content (AvgIpc) is 2.45. The molecule has 0 amide bonds. The largest absolute Gasteiger partial charge is 0.469 e. The fraction of sp³-hybridized carbons (Fsp3) is 0.533. The molecule has 4 nitrogen and oxygen atoms in total. The number of esters is 1. The SMILES string of the molecule is CCNC(CCC(=O)OC)C(O)c1ccc(F)c(C)c1. The van der Waals surface area contributed by atoms with Crippen molar-refractivity contribution in [3.63, 3.8) is 0 Å². The first kappa shape index (κ1) is 16.6. The zero-order valence-electron chi connectivity index (χ0n) is 12.1. The van der Waals surface area contributed by atoms with Crippen molar-refractivity contribution in [3.05, 3.63) is 35.1 Å². The molecular weight excluding hydrogens is 261 g/mol. The number of benzene rings is 1. The molecule has 0 aliphatic carbocycles. The molecule has 1 rings (SSSR count). The molecule has 0 spiro atoms. The van der Waals surface area contributed by atoms with Gasteiger partial charge in [0.1, 0.15) is 5.82 Å². The Morgan fingerprint density at radius 1 is 1.50 bits per heavy atom.